The highest BCUT2D eigenvalue weighted by atomic mass is 16.2. The molecule has 26 heavy (non-hydrogen) atoms. The van der Waals surface area contributed by atoms with Gasteiger partial charge >= 0.3 is 0 Å². The maximum Gasteiger partial charge on any atom is 0.254 e. The summed E-state index contributed by atoms with van der Waals surface area (Å²) in [6.45, 7) is 5.93. The maximum atomic E-state index is 12.9. The fourth-order valence-corrected chi connectivity index (χ4v) is 3.17. The summed E-state index contributed by atoms with van der Waals surface area (Å²) in [6, 6.07) is 9.28. The van der Waals surface area contributed by atoms with Crippen molar-refractivity contribution in [3.8, 4) is 11.1 Å². The summed E-state index contributed by atoms with van der Waals surface area (Å²) in [5.41, 5.74) is 11.9. The molecule has 3 N–H and O–H groups in total. The number of aromatic nitrogens is 3. The average Bonchev–Trinajstić information content (AvgIpc) is 2.98. The zero-order valence-corrected chi connectivity index (χ0v) is 15.4. The molecule has 2 heterocycles. The van der Waals surface area contributed by atoms with Crippen LogP contribution in [0.15, 0.2) is 42.7 Å². The fraction of sp³-hybridized carbons (Fsp3) is 0.250. The van der Waals surface area contributed by atoms with Crippen molar-refractivity contribution in [1.29, 1.82) is 0 Å². The molecule has 0 aliphatic heterocycles. The van der Waals surface area contributed by atoms with E-state index in [0.29, 0.717) is 11.3 Å². The average molecular weight is 349 g/mol. The van der Waals surface area contributed by atoms with Crippen LogP contribution in [0.25, 0.3) is 11.1 Å². The van der Waals surface area contributed by atoms with Gasteiger partial charge in [-0.3, -0.25) is 14.9 Å². The minimum absolute atomic E-state index is 0.0326. The standard InChI is InChI=1S/C20H23N5O/c1-12-19(13(2)24-23-12)14(3)25(4)20(26)16-7-5-15(6-8-16)17-9-18(21)11-22-10-17/h5-11,14H,21H2,1-4H3,(H,23,24)/t14-/m1/s1. The van der Waals surface area contributed by atoms with Crippen LogP contribution in [0, 0.1) is 13.8 Å². The van der Waals surface area contributed by atoms with Crippen molar-refractivity contribution in [2.24, 2.45) is 0 Å². The van der Waals surface area contributed by atoms with Gasteiger partial charge in [0.05, 0.1) is 17.4 Å². The van der Waals surface area contributed by atoms with Crippen LogP contribution in [-0.4, -0.2) is 33.0 Å². The van der Waals surface area contributed by atoms with Crippen LogP contribution in [0.4, 0.5) is 5.69 Å². The second-order valence-electron chi connectivity index (χ2n) is 6.52. The number of benzene rings is 1. The van der Waals surface area contributed by atoms with Gasteiger partial charge in [-0.1, -0.05) is 12.1 Å². The van der Waals surface area contributed by atoms with E-state index in [0.717, 1.165) is 28.1 Å². The summed E-state index contributed by atoms with van der Waals surface area (Å²) in [4.78, 5) is 18.7. The molecule has 3 rings (SSSR count). The molecule has 0 spiro atoms. The van der Waals surface area contributed by atoms with Crippen LogP contribution in [-0.2, 0) is 0 Å². The van der Waals surface area contributed by atoms with E-state index in [4.69, 9.17) is 5.73 Å². The van der Waals surface area contributed by atoms with Gasteiger partial charge in [-0.05, 0) is 44.5 Å². The predicted molar refractivity (Wildman–Crippen MR) is 103 cm³/mol. The molecule has 0 bridgehead atoms. The zero-order chi connectivity index (χ0) is 18.8. The molecule has 0 aliphatic carbocycles. The van der Waals surface area contributed by atoms with Gasteiger partial charge < -0.3 is 10.6 Å². The number of carbonyl (C=O) groups excluding carboxylic acids is 1. The van der Waals surface area contributed by atoms with Crippen LogP contribution < -0.4 is 5.73 Å². The van der Waals surface area contributed by atoms with E-state index < -0.39 is 0 Å². The first kappa shape index (κ1) is 17.7. The minimum atomic E-state index is -0.0703. The number of hydrogen-bond acceptors (Lipinski definition) is 4. The monoisotopic (exact) mass is 349 g/mol. The number of anilines is 1. The van der Waals surface area contributed by atoms with E-state index in [-0.39, 0.29) is 11.9 Å². The Balaban J connectivity index is 1.81. The number of carbonyl (C=O) groups is 1. The number of H-pyrrole nitrogens is 1. The van der Waals surface area contributed by atoms with Crippen molar-refractivity contribution in [2.45, 2.75) is 26.8 Å². The minimum Gasteiger partial charge on any atom is -0.397 e. The second kappa shape index (κ2) is 7.00. The van der Waals surface area contributed by atoms with E-state index in [2.05, 4.69) is 15.2 Å². The summed E-state index contributed by atoms with van der Waals surface area (Å²) >= 11 is 0. The molecule has 1 atom stereocenters. The van der Waals surface area contributed by atoms with Crippen LogP contribution in [0.5, 0.6) is 0 Å². The molecular formula is C20H23N5O. The summed E-state index contributed by atoms with van der Waals surface area (Å²) in [6.07, 6.45) is 3.36. The Morgan fingerprint density at radius 3 is 2.42 bits per heavy atom. The molecule has 3 aromatic rings. The van der Waals surface area contributed by atoms with Gasteiger partial charge in [-0.25, -0.2) is 0 Å². The van der Waals surface area contributed by atoms with E-state index in [1.807, 2.05) is 58.2 Å². The van der Waals surface area contributed by atoms with Gasteiger partial charge in [0.2, 0.25) is 0 Å². The lowest BCUT2D eigenvalue weighted by molar-refractivity contribution is 0.0742. The quantitative estimate of drug-likeness (QED) is 0.754. The smallest absolute Gasteiger partial charge is 0.254 e. The molecule has 6 heteroatoms. The Morgan fingerprint density at radius 2 is 1.85 bits per heavy atom. The molecule has 0 saturated carbocycles. The van der Waals surface area contributed by atoms with Gasteiger partial charge in [0.1, 0.15) is 0 Å². The molecule has 2 aromatic heterocycles. The number of pyridine rings is 1. The number of nitrogens with one attached hydrogen (secondary N) is 1. The largest absolute Gasteiger partial charge is 0.397 e. The first-order valence-corrected chi connectivity index (χ1v) is 8.48. The third kappa shape index (κ3) is 3.31. The molecule has 134 valence electrons. The Labute approximate surface area is 153 Å². The molecular weight excluding hydrogens is 326 g/mol. The van der Waals surface area contributed by atoms with Gasteiger partial charge in [-0.2, -0.15) is 5.10 Å². The lowest BCUT2D eigenvalue weighted by Crippen LogP contribution is -2.30. The number of nitrogens with zero attached hydrogens (tertiary/aromatic N) is 3. The van der Waals surface area contributed by atoms with E-state index in [1.165, 1.54) is 0 Å². The maximum absolute atomic E-state index is 12.9. The highest BCUT2D eigenvalue weighted by Gasteiger charge is 2.23. The lowest BCUT2D eigenvalue weighted by atomic mass is 10.0. The lowest BCUT2D eigenvalue weighted by Gasteiger charge is -2.25. The summed E-state index contributed by atoms with van der Waals surface area (Å²) < 4.78 is 0. The number of aryl methyl sites for hydroxylation is 2. The molecule has 6 nitrogen and oxygen atoms in total. The highest BCUT2D eigenvalue weighted by molar-refractivity contribution is 5.94. The SMILES string of the molecule is Cc1n[nH]c(C)c1[C@@H](C)N(C)C(=O)c1ccc(-c2cncc(N)c2)cc1. The van der Waals surface area contributed by atoms with Crippen LogP contribution in [0.1, 0.15) is 40.3 Å². The van der Waals surface area contributed by atoms with Gasteiger partial charge in [0.25, 0.3) is 5.91 Å². The zero-order valence-electron chi connectivity index (χ0n) is 15.4. The number of aromatic amines is 1. The molecule has 0 unspecified atom stereocenters. The molecule has 0 radical (unpaired) electrons. The Morgan fingerprint density at radius 1 is 1.15 bits per heavy atom. The van der Waals surface area contributed by atoms with Crippen molar-refractivity contribution in [2.75, 3.05) is 12.8 Å². The van der Waals surface area contributed by atoms with Crippen molar-refractivity contribution in [3.05, 3.63) is 65.2 Å². The number of nitrogen functional groups attached to an aromatic ring is 1. The number of amides is 1. The normalized spacial score (nSPS) is 12.0. The van der Waals surface area contributed by atoms with Crippen molar-refractivity contribution in [1.82, 2.24) is 20.1 Å². The van der Waals surface area contributed by atoms with Gasteiger partial charge in [0.15, 0.2) is 0 Å². The Bertz CT molecular complexity index is 910. The molecule has 0 fully saturated rings. The molecule has 0 aliphatic rings. The van der Waals surface area contributed by atoms with E-state index in [1.54, 1.807) is 17.3 Å². The van der Waals surface area contributed by atoms with Crippen molar-refractivity contribution < 1.29 is 4.79 Å². The topological polar surface area (TPSA) is 87.9 Å². The van der Waals surface area contributed by atoms with Crippen LogP contribution in [0.3, 0.4) is 0 Å². The number of nitrogens with two attached hydrogens (primary N) is 1. The van der Waals surface area contributed by atoms with Crippen molar-refractivity contribution in [3.63, 3.8) is 0 Å². The summed E-state index contributed by atoms with van der Waals surface area (Å²) in [7, 11) is 1.81. The number of hydrogen-bond donors (Lipinski definition) is 2. The molecule has 0 saturated heterocycles. The molecule has 1 amide bonds. The van der Waals surface area contributed by atoms with Gasteiger partial charge in [0, 0.05) is 41.8 Å². The van der Waals surface area contributed by atoms with Crippen LogP contribution >= 0.6 is 0 Å². The fourth-order valence-electron chi connectivity index (χ4n) is 3.17. The first-order chi connectivity index (χ1) is 12.4. The summed E-state index contributed by atoms with van der Waals surface area (Å²) in [5.74, 6) is -0.0326. The van der Waals surface area contributed by atoms with Crippen molar-refractivity contribution >= 4 is 11.6 Å². The third-order valence-corrected chi connectivity index (χ3v) is 4.73. The predicted octanol–water partition coefficient (Wildman–Crippen LogP) is 3.50. The van der Waals surface area contributed by atoms with E-state index in [9.17, 15) is 4.79 Å². The molecule has 1 aromatic carbocycles. The first-order valence-electron chi connectivity index (χ1n) is 8.48. The number of rotatable bonds is 4. The third-order valence-electron chi connectivity index (χ3n) is 4.73. The van der Waals surface area contributed by atoms with Crippen LogP contribution in [0.2, 0.25) is 0 Å². The Hall–Kier alpha value is -3.15. The summed E-state index contributed by atoms with van der Waals surface area (Å²) in [5, 5.41) is 7.20. The highest BCUT2D eigenvalue weighted by Crippen LogP contribution is 2.26. The van der Waals surface area contributed by atoms with Gasteiger partial charge in [-0.15, -0.1) is 0 Å². The second-order valence-corrected chi connectivity index (χ2v) is 6.52. The Kier molecular flexibility index (Phi) is 4.75. The van der Waals surface area contributed by atoms with E-state index >= 15 is 0 Å².